The lowest BCUT2D eigenvalue weighted by Gasteiger charge is -2.02. The number of carboxylic acid groups (broad SMARTS) is 1. The number of carbonyl (C=O) groups is 1. The number of aryl methyl sites for hydroxylation is 1. The molecule has 0 radical (unpaired) electrons. The molecule has 0 saturated heterocycles. The molecule has 0 aliphatic heterocycles. The summed E-state index contributed by atoms with van der Waals surface area (Å²) in [5, 5.41) is 21.3. The summed E-state index contributed by atoms with van der Waals surface area (Å²) >= 11 is 0. The Morgan fingerprint density at radius 3 is 2.95 bits per heavy atom. The minimum absolute atomic E-state index is 0.200. The molecule has 0 amide bonds. The van der Waals surface area contributed by atoms with Gasteiger partial charge in [0.2, 0.25) is 0 Å². The number of para-hydroxylation sites is 1. The Hall–Kier alpha value is -2.70. The highest BCUT2D eigenvalue weighted by Gasteiger charge is 2.14. The van der Waals surface area contributed by atoms with Crippen molar-refractivity contribution in [1.82, 2.24) is 24.8 Å². The van der Waals surface area contributed by atoms with Crippen molar-refractivity contribution in [3.8, 4) is 0 Å². The Morgan fingerprint density at radius 1 is 1.42 bits per heavy atom. The zero-order valence-corrected chi connectivity index (χ0v) is 10.2. The van der Waals surface area contributed by atoms with Crippen LogP contribution in [0.1, 0.15) is 15.9 Å². The van der Waals surface area contributed by atoms with Crippen molar-refractivity contribution >= 4 is 17.0 Å². The molecular formula is C12H11N5O2. The second-order valence-electron chi connectivity index (χ2n) is 4.25. The van der Waals surface area contributed by atoms with Crippen LogP contribution in [0.2, 0.25) is 0 Å². The van der Waals surface area contributed by atoms with E-state index < -0.39 is 5.97 Å². The van der Waals surface area contributed by atoms with E-state index in [4.69, 9.17) is 0 Å². The van der Waals surface area contributed by atoms with Crippen LogP contribution in [0, 0.1) is 0 Å². The van der Waals surface area contributed by atoms with Gasteiger partial charge in [-0.1, -0.05) is 11.3 Å². The molecule has 7 nitrogen and oxygen atoms in total. The molecule has 0 bridgehead atoms. The maximum Gasteiger partial charge on any atom is 0.337 e. The molecule has 19 heavy (non-hydrogen) atoms. The van der Waals surface area contributed by atoms with Crippen LogP contribution in [0.25, 0.3) is 11.0 Å². The highest BCUT2D eigenvalue weighted by molar-refractivity contribution is 6.00. The first-order valence-electron chi connectivity index (χ1n) is 5.68. The van der Waals surface area contributed by atoms with Crippen LogP contribution in [0.5, 0.6) is 0 Å². The number of hydrogen-bond donors (Lipinski definition) is 1. The largest absolute Gasteiger partial charge is 0.478 e. The highest BCUT2D eigenvalue weighted by Crippen LogP contribution is 2.17. The van der Waals surface area contributed by atoms with Crippen molar-refractivity contribution in [2.45, 2.75) is 6.54 Å². The minimum atomic E-state index is -0.986. The molecule has 96 valence electrons. The van der Waals surface area contributed by atoms with Crippen molar-refractivity contribution in [2.75, 3.05) is 0 Å². The minimum Gasteiger partial charge on any atom is -0.478 e. The second-order valence-corrected chi connectivity index (χ2v) is 4.25. The Bertz CT molecular complexity index is 758. The van der Waals surface area contributed by atoms with Gasteiger partial charge in [-0.05, 0) is 12.1 Å². The fraction of sp³-hybridized carbons (Fsp3) is 0.167. The van der Waals surface area contributed by atoms with Crippen molar-refractivity contribution < 1.29 is 9.90 Å². The topological polar surface area (TPSA) is 85.8 Å². The molecule has 2 aromatic heterocycles. The van der Waals surface area contributed by atoms with E-state index in [-0.39, 0.29) is 5.56 Å². The summed E-state index contributed by atoms with van der Waals surface area (Å²) in [7, 11) is 1.83. The van der Waals surface area contributed by atoms with E-state index in [0.29, 0.717) is 17.6 Å². The Kier molecular flexibility index (Phi) is 2.52. The van der Waals surface area contributed by atoms with Crippen LogP contribution in [-0.4, -0.2) is 35.9 Å². The fourth-order valence-electron chi connectivity index (χ4n) is 2.04. The van der Waals surface area contributed by atoms with Crippen LogP contribution >= 0.6 is 0 Å². The molecule has 3 rings (SSSR count). The van der Waals surface area contributed by atoms with Gasteiger partial charge in [-0.15, -0.1) is 5.10 Å². The lowest BCUT2D eigenvalue weighted by Crippen LogP contribution is -2.06. The summed E-state index contributed by atoms with van der Waals surface area (Å²) in [6.45, 7) is 0.439. The first-order chi connectivity index (χ1) is 9.15. The molecule has 0 atom stereocenters. The Morgan fingerprint density at radius 2 is 2.26 bits per heavy atom. The summed E-state index contributed by atoms with van der Waals surface area (Å²) in [5.74, 6) is -0.986. The summed E-state index contributed by atoms with van der Waals surface area (Å²) in [6, 6.07) is 4.96. The van der Waals surface area contributed by atoms with Crippen molar-refractivity contribution in [1.29, 1.82) is 0 Å². The second kappa shape index (κ2) is 4.20. The zero-order valence-electron chi connectivity index (χ0n) is 10.2. The van der Waals surface area contributed by atoms with E-state index in [1.807, 2.05) is 13.2 Å². The number of hydrogen-bond acceptors (Lipinski definition) is 4. The summed E-state index contributed by atoms with van der Waals surface area (Å²) in [5.41, 5.74) is 2.24. The molecule has 0 aliphatic carbocycles. The van der Waals surface area contributed by atoms with E-state index in [2.05, 4.69) is 15.4 Å². The van der Waals surface area contributed by atoms with Crippen molar-refractivity contribution in [2.24, 2.45) is 7.05 Å². The fourth-order valence-corrected chi connectivity index (χ4v) is 2.04. The van der Waals surface area contributed by atoms with Gasteiger partial charge in [0.25, 0.3) is 0 Å². The predicted molar refractivity (Wildman–Crippen MR) is 66.8 cm³/mol. The molecule has 0 saturated carbocycles. The smallest absolute Gasteiger partial charge is 0.337 e. The Balaban J connectivity index is 2.11. The van der Waals surface area contributed by atoms with Crippen LogP contribution in [0.4, 0.5) is 0 Å². The van der Waals surface area contributed by atoms with E-state index in [9.17, 15) is 9.90 Å². The van der Waals surface area contributed by atoms with Crippen LogP contribution in [-0.2, 0) is 13.6 Å². The lowest BCUT2D eigenvalue weighted by molar-refractivity contribution is 0.0698. The first-order valence-corrected chi connectivity index (χ1v) is 5.68. The lowest BCUT2D eigenvalue weighted by atomic mass is 10.2. The van der Waals surface area contributed by atoms with Gasteiger partial charge in [0, 0.05) is 18.8 Å². The number of nitrogens with zero attached hydrogens (tertiary/aromatic N) is 5. The zero-order chi connectivity index (χ0) is 13.4. The van der Waals surface area contributed by atoms with Crippen LogP contribution in [0.15, 0.2) is 30.6 Å². The number of carboxylic acids is 1. The molecule has 7 heteroatoms. The average Bonchev–Trinajstić information content (AvgIpc) is 2.97. The van der Waals surface area contributed by atoms with E-state index in [1.165, 1.54) is 0 Å². The molecule has 3 aromatic rings. The third-order valence-corrected chi connectivity index (χ3v) is 2.85. The normalized spacial score (nSPS) is 11.0. The van der Waals surface area contributed by atoms with Crippen molar-refractivity contribution in [3.05, 3.63) is 41.7 Å². The first kappa shape index (κ1) is 11.4. The van der Waals surface area contributed by atoms with Gasteiger partial charge >= 0.3 is 5.97 Å². The summed E-state index contributed by atoms with van der Waals surface area (Å²) in [4.78, 5) is 11.2. The molecule has 0 unspecified atom stereocenters. The number of rotatable bonds is 3. The average molecular weight is 257 g/mol. The third kappa shape index (κ3) is 1.95. The molecule has 1 aromatic carbocycles. The SMILES string of the molecule is Cn1cc(Cn2nnc3cccc(C(=O)O)c32)cn1. The summed E-state index contributed by atoms with van der Waals surface area (Å²) in [6.07, 6.45) is 3.58. The van der Waals surface area contributed by atoms with E-state index in [0.717, 1.165) is 5.56 Å². The van der Waals surface area contributed by atoms with Gasteiger partial charge in [-0.2, -0.15) is 5.10 Å². The number of aromatic carboxylic acids is 1. The summed E-state index contributed by atoms with van der Waals surface area (Å²) < 4.78 is 3.27. The highest BCUT2D eigenvalue weighted by atomic mass is 16.4. The van der Waals surface area contributed by atoms with Gasteiger partial charge in [-0.25, -0.2) is 9.48 Å². The maximum atomic E-state index is 11.2. The van der Waals surface area contributed by atoms with Gasteiger partial charge in [0.05, 0.1) is 18.3 Å². The molecule has 0 fully saturated rings. The predicted octanol–water partition coefficient (Wildman–Crippen LogP) is 0.911. The van der Waals surface area contributed by atoms with Crippen LogP contribution < -0.4 is 0 Å². The quantitative estimate of drug-likeness (QED) is 0.753. The Labute approximate surface area is 108 Å². The van der Waals surface area contributed by atoms with Crippen molar-refractivity contribution in [3.63, 3.8) is 0 Å². The van der Waals surface area contributed by atoms with Gasteiger partial charge < -0.3 is 5.11 Å². The van der Waals surface area contributed by atoms with Crippen LogP contribution in [0.3, 0.4) is 0 Å². The molecule has 2 heterocycles. The molecular weight excluding hydrogens is 246 g/mol. The number of benzene rings is 1. The van der Waals surface area contributed by atoms with E-state index in [1.54, 1.807) is 33.8 Å². The molecule has 0 spiro atoms. The third-order valence-electron chi connectivity index (χ3n) is 2.85. The van der Waals surface area contributed by atoms with Gasteiger partial charge in [-0.3, -0.25) is 4.68 Å². The van der Waals surface area contributed by atoms with E-state index >= 15 is 0 Å². The number of aromatic nitrogens is 5. The standard InChI is InChI=1S/C12H11N5O2/c1-16-6-8(5-13-16)7-17-11-9(12(18)19)3-2-4-10(11)14-15-17/h2-6H,7H2,1H3,(H,18,19). The van der Waals surface area contributed by atoms with Gasteiger partial charge in [0.1, 0.15) is 11.0 Å². The molecule has 1 N–H and O–H groups in total. The number of fused-ring (bicyclic) bond motifs is 1. The molecule has 0 aliphatic rings. The monoisotopic (exact) mass is 257 g/mol. The van der Waals surface area contributed by atoms with Gasteiger partial charge in [0.15, 0.2) is 0 Å². The maximum absolute atomic E-state index is 11.2.